The summed E-state index contributed by atoms with van der Waals surface area (Å²) in [5.74, 6) is -2.52. The Morgan fingerprint density at radius 2 is 1.67 bits per heavy atom. The molecule has 1 aromatic heterocycles. The van der Waals surface area contributed by atoms with Crippen LogP contribution in [0.1, 0.15) is 71.0 Å². The quantitative estimate of drug-likeness (QED) is 0.536. The van der Waals surface area contributed by atoms with E-state index in [4.69, 9.17) is 9.84 Å². The topological polar surface area (TPSA) is 113 Å². The molecule has 0 saturated carbocycles. The van der Waals surface area contributed by atoms with Crippen LogP contribution in [-0.2, 0) is 4.74 Å². The highest BCUT2D eigenvalue weighted by Crippen LogP contribution is 2.33. The molecule has 0 atom stereocenters. The molecule has 0 bridgehead atoms. The lowest BCUT2D eigenvalue weighted by Gasteiger charge is -2.06. The third-order valence-electron chi connectivity index (χ3n) is 3.50. The van der Waals surface area contributed by atoms with E-state index in [0.717, 1.165) is 25.7 Å². The molecule has 3 N–H and O–H groups in total. The van der Waals surface area contributed by atoms with Crippen LogP contribution in [0, 0.1) is 6.92 Å². The fraction of sp³-hybridized carbons (Fsp3) is 0.562. The fourth-order valence-electron chi connectivity index (χ4n) is 2.24. The summed E-state index contributed by atoms with van der Waals surface area (Å²) < 4.78 is 5.01. The maximum Gasteiger partial charge on any atom is 0.412 e. The molecule has 1 aromatic rings. The van der Waals surface area contributed by atoms with Crippen molar-refractivity contribution in [3.05, 3.63) is 16.0 Å². The number of carboxylic acid groups (broad SMARTS) is 2. The van der Waals surface area contributed by atoms with Gasteiger partial charge in [0.25, 0.3) is 0 Å². The highest BCUT2D eigenvalue weighted by molar-refractivity contribution is 7.18. The molecule has 0 unspecified atom stereocenters. The van der Waals surface area contributed by atoms with E-state index in [0.29, 0.717) is 11.3 Å². The lowest BCUT2D eigenvalue weighted by Crippen LogP contribution is -2.15. The lowest BCUT2D eigenvalue weighted by molar-refractivity contribution is 0.0696. The summed E-state index contributed by atoms with van der Waals surface area (Å²) >= 11 is 0.711. The van der Waals surface area contributed by atoms with Crippen molar-refractivity contribution < 1.29 is 29.3 Å². The summed E-state index contributed by atoms with van der Waals surface area (Å²) in [6.45, 7) is 3.79. The molecule has 1 rings (SSSR count). The van der Waals surface area contributed by atoms with Crippen molar-refractivity contribution in [1.29, 1.82) is 0 Å². The summed E-state index contributed by atoms with van der Waals surface area (Å²) in [5, 5.41) is 20.6. The van der Waals surface area contributed by atoms with E-state index < -0.39 is 18.0 Å². The summed E-state index contributed by atoms with van der Waals surface area (Å²) in [7, 11) is 0. The van der Waals surface area contributed by atoms with Gasteiger partial charge in [-0.1, -0.05) is 39.0 Å². The molecule has 0 radical (unpaired) electrons. The first kappa shape index (κ1) is 20.0. The van der Waals surface area contributed by atoms with Crippen LogP contribution in [0.15, 0.2) is 0 Å². The number of carbonyl (C=O) groups excluding carboxylic acids is 1. The van der Waals surface area contributed by atoms with Crippen molar-refractivity contribution in [2.75, 3.05) is 11.9 Å². The van der Waals surface area contributed by atoms with E-state index in [2.05, 4.69) is 12.2 Å². The normalized spacial score (nSPS) is 10.4. The lowest BCUT2D eigenvalue weighted by atomic mass is 10.1. The molecular formula is C16H23NO6S. The number of nitrogens with one attached hydrogen (secondary N) is 1. The number of hydrogen-bond donors (Lipinski definition) is 3. The largest absolute Gasteiger partial charge is 0.478 e. The van der Waals surface area contributed by atoms with Crippen LogP contribution in [0.4, 0.5) is 9.80 Å². The average Bonchev–Trinajstić information content (AvgIpc) is 2.83. The van der Waals surface area contributed by atoms with E-state index in [1.807, 2.05) is 0 Å². The van der Waals surface area contributed by atoms with Gasteiger partial charge in [0.2, 0.25) is 0 Å². The summed E-state index contributed by atoms with van der Waals surface area (Å²) in [6.07, 6.45) is 5.56. The van der Waals surface area contributed by atoms with Gasteiger partial charge in [-0.25, -0.2) is 14.4 Å². The average molecular weight is 357 g/mol. The predicted molar refractivity (Wildman–Crippen MR) is 91.3 cm³/mol. The number of aromatic carboxylic acids is 2. The molecule has 0 fully saturated rings. The molecule has 0 aliphatic carbocycles. The van der Waals surface area contributed by atoms with E-state index in [1.165, 1.54) is 19.8 Å². The van der Waals surface area contributed by atoms with Gasteiger partial charge in [0.15, 0.2) is 0 Å². The zero-order valence-electron chi connectivity index (χ0n) is 13.9. The molecule has 0 aliphatic heterocycles. The van der Waals surface area contributed by atoms with Gasteiger partial charge in [0.05, 0.1) is 12.2 Å². The molecule has 0 saturated heterocycles. The Balaban J connectivity index is 2.53. The Labute approximate surface area is 144 Å². The van der Waals surface area contributed by atoms with Crippen molar-refractivity contribution in [3.8, 4) is 0 Å². The molecule has 24 heavy (non-hydrogen) atoms. The maximum absolute atomic E-state index is 11.7. The second kappa shape index (κ2) is 9.92. The second-order valence-corrected chi connectivity index (χ2v) is 6.42. The Bertz CT molecular complexity index is 596. The van der Waals surface area contributed by atoms with E-state index >= 15 is 0 Å². The first-order valence-corrected chi connectivity index (χ1v) is 8.73. The third-order valence-corrected chi connectivity index (χ3v) is 4.70. The second-order valence-electron chi connectivity index (χ2n) is 5.40. The zero-order valence-corrected chi connectivity index (χ0v) is 14.7. The van der Waals surface area contributed by atoms with E-state index in [1.54, 1.807) is 0 Å². The molecule has 7 nitrogen and oxygen atoms in total. The molecular weight excluding hydrogens is 334 g/mol. The van der Waals surface area contributed by atoms with Gasteiger partial charge >= 0.3 is 18.0 Å². The fourth-order valence-corrected chi connectivity index (χ4v) is 3.26. The van der Waals surface area contributed by atoms with E-state index in [9.17, 15) is 19.5 Å². The van der Waals surface area contributed by atoms with Crippen molar-refractivity contribution in [2.24, 2.45) is 0 Å². The highest BCUT2D eigenvalue weighted by Gasteiger charge is 2.25. The smallest absolute Gasteiger partial charge is 0.412 e. The third kappa shape index (κ3) is 5.84. The van der Waals surface area contributed by atoms with Gasteiger partial charge in [-0.2, -0.15) is 0 Å². The first-order valence-electron chi connectivity index (χ1n) is 7.92. The van der Waals surface area contributed by atoms with Crippen molar-refractivity contribution in [1.82, 2.24) is 0 Å². The Kier molecular flexibility index (Phi) is 8.25. The van der Waals surface area contributed by atoms with Gasteiger partial charge in [-0.3, -0.25) is 5.32 Å². The van der Waals surface area contributed by atoms with Crippen molar-refractivity contribution >= 4 is 34.4 Å². The molecule has 0 aliphatic rings. The number of rotatable bonds is 10. The maximum atomic E-state index is 11.7. The minimum atomic E-state index is -1.29. The number of carbonyl (C=O) groups is 3. The van der Waals surface area contributed by atoms with Gasteiger partial charge < -0.3 is 14.9 Å². The Morgan fingerprint density at radius 1 is 1.04 bits per heavy atom. The minimum absolute atomic E-state index is 0.0228. The molecule has 0 aromatic carbocycles. The summed E-state index contributed by atoms with van der Waals surface area (Å²) in [6, 6.07) is 0. The predicted octanol–water partition coefficient (Wildman–Crippen LogP) is 4.36. The minimum Gasteiger partial charge on any atom is -0.478 e. The highest BCUT2D eigenvalue weighted by atomic mass is 32.1. The molecule has 0 spiro atoms. The van der Waals surface area contributed by atoms with Gasteiger partial charge in [-0.15, -0.1) is 11.3 Å². The van der Waals surface area contributed by atoms with Gasteiger partial charge in [0, 0.05) is 0 Å². The number of anilines is 1. The Morgan fingerprint density at radius 3 is 2.25 bits per heavy atom. The van der Waals surface area contributed by atoms with Crippen molar-refractivity contribution in [3.63, 3.8) is 0 Å². The summed E-state index contributed by atoms with van der Waals surface area (Å²) in [4.78, 5) is 34.0. The monoisotopic (exact) mass is 357 g/mol. The number of ether oxygens (including phenoxy) is 1. The van der Waals surface area contributed by atoms with E-state index in [-0.39, 0.29) is 27.6 Å². The number of unbranched alkanes of at least 4 members (excludes halogenated alkanes) is 5. The number of thiophene rings is 1. The molecule has 1 amide bonds. The van der Waals surface area contributed by atoms with Crippen LogP contribution in [-0.4, -0.2) is 34.9 Å². The van der Waals surface area contributed by atoms with Crippen LogP contribution >= 0.6 is 11.3 Å². The van der Waals surface area contributed by atoms with Crippen LogP contribution in [0.25, 0.3) is 0 Å². The number of carboxylic acids is 2. The summed E-state index contributed by atoms with van der Waals surface area (Å²) in [5.41, 5.74) is -0.0971. The van der Waals surface area contributed by atoms with Gasteiger partial charge in [-0.05, 0) is 18.9 Å². The molecule has 134 valence electrons. The standard InChI is InChI=1S/C16H23NO6S/c1-3-4-5-6-7-8-9-23-16(22)17-13-11(14(18)19)10(2)12(24-13)15(20)21/h3-9H2,1-2H3,(H,17,22)(H,18,19)(H,20,21). The zero-order chi connectivity index (χ0) is 18.1. The number of amides is 1. The van der Waals surface area contributed by atoms with Crippen LogP contribution in [0.2, 0.25) is 0 Å². The molecule has 8 heteroatoms. The van der Waals surface area contributed by atoms with Crippen LogP contribution in [0.5, 0.6) is 0 Å². The van der Waals surface area contributed by atoms with Crippen LogP contribution in [0.3, 0.4) is 0 Å². The number of hydrogen-bond acceptors (Lipinski definition) is 5. The van der Waals surface area contributed by atoms with Crippen molar-refractivity contribution in [2.45, 2.75) is 52.4 Å². The van der Waals surface area contributed by atoms with Crippen LogP contribution < -0.4 is 5.32 Å². The molecule has 1 heterocycles. The Hall–Kier alpha value is -2.09. The SMILES string of the molecule is CCCCCCCCOC(=O)Nc1sc(C(=O)O)c(C)c1C(=O)O. The first-order chi connectivity index (χ1) is 11.4. The van der Waals surface area contributed by atoms with Gasteiger partial charge in [0.1, 0.15) is 9.88 Å².